The molecule has 2 heterocycles. The zero-order valence-corrected chi connectivity index (χ0v) is 16.5. The lowest BCUT2D eigenvalue weighted by Gasteiger charge is -2.29. The van der Waals surface area contributed by atoms with Gasteiger partial charge < -0.3 is 10.4 Å². The first-order valence-electron chi connectivity index (χ1n) is 9.78. The quantitative estimate of drug-likeness (QED) is 0.659. The molecule has 0 spiro atoms. The second-order valence-electron chi connectivity index (χ2n) is 7.34. The third-order valence-corrected chi connectivity index (χ3v) is 5.18. The van der Waals surface area contributed by atoms with Crippen molar-refractivity contribution in [3.8, 4) is 5.75 Å². The van der Waals surface area contributed by atoms with Crippen LogP contribution in [0.3, 0.4) is 0 Å². The highest BCUT2D eigenvalue weighted by Crippen LogP contribution is 2.20. The minimum Gasteiger partial charge on any atom is -0.501 e. The van der Waals surface area contributed by atoms with E-state index in [1.807, 2.05) is 18.2 Å². The number of rotatable bonds is 6. The molecule has 2 aromatic carbocycles. The standard InChI is InChI=1S/C23H23FN4O2/c1-16(25-13-17-7-9-19(24)10-8-17)21-22(29)23(30)28-12-11-27(15-20(28)26-21)14-18-5-3-2-4-6-18/h2-10,25,29H,1,11-15H2. The lowest BCUT2D eigenvalue weighted by Crippen LogP contribution is -2.40. The van der Waals surface area contributed by atoms with Gasteiger partial charge in [0.2, 0.25) is 5.75 Å². The summed E-state index contributed by atoms with van der Waals surface area (Å²) >= 11 is 0. The Labute approximate surface area is 173 Å². The van der Waals surface area contributed by atoms with E-state index in [0.29, 0.717) is 37.7 Å². The summed E-state index contributed by atoms with van der Waals surface area (Å²) in [6.45, 7) is 6.73. The van der Waals surface area contributed by atoms with E-state index < -0.39 is 11.3 Å². The molecule has 0 radical (unpaired) electrons. The molecule has 6 nitrogen and oxygen atoms in total. The molecule has 0 unspecified atom stereocenters. The normalized spacial score (nSPS) is 13.6. The minimum absolute atomic E-state index is 0.148. The number of fused-ring (bicyclic) bond motifs is 1. The molecule has 2 N–H and O–H groups in total. The molecule has 154 valence electrons. The van der Waals surface area contributed by atoms with Crippen LogP contribution in [0.15, 0.2) is 66.0 Å². The van der Waals surface area contributed by atoms with Crippen LogP contribution in [0.2, 0.25) is 0 Å². The van der Waals surface area contributed by atoms with Crippen molar-refractivity contribution >= 4 is 5.70 Å². The topological polar surface area (TPSA) is 70.4 Å². The Balaban J connectivity index is 1.51. The Kier molecular flexibility index (Phi) is 5.63. The highest BCUT2D eigenvalue weighted by Gasteiger charge is 2.23. The molecule has 3 aromatic rings. The predicted octanol–water partition coefficient (Wildman–Crippen LogP) is 2.86. The van der Waals surface area contributed by atoms with Crippen molar-refractivity contribution in [1.29, 1.82) is 0 Å². The van der Waals surface area contributed by atoms with Crippen molar-refractivity contribution in [2.24, 2.45) is 0 Å². The molecule has 0 amide bonds. The van der Waals surface area contributed by atoms with Crippen LogP contribution in [0.5, 0.6) is 5.75 Å². The largest absolute Gasteiger partial charge is 0.501 e. The van der Waals surface area contributed by atoms with Crippen LogP contribution in [0.25, 0.3) is 5.70 Å². The summed E-state index contributed by atoms with van der Waals surface area (Å²) in [4.78, 5) is 19.4. The molecule has 1 aliphatic rings. The maximum atomic E-state index is 13.1. The summed E-state index contributed by atoms with van der Waals surface area (Å²) in [5.74, 6) is -0.119. The first-order valence-corrected chi connectivity index (χ1v) is 9.78. The van der Waals surface area contributed by atoms with E-state index in [1.54, 1.807) is 12.1 Å². The fourth-order valence-electron chi connectivity index (χ4n) is 3.54. The van der Waals surface area contributed by atoms with Crippen molar-refractivity contribution in [2.45, 2.75) is 26.2 Å². The second kappa shape index (κ2) is 8.51. The van der Waals surface area contributed by atoms with E-state index >= 15 is 0 Å². The van der Waals surface area contributed by atoms with Gasteiger partial charge in [0.05, 0.1) is 12.2 Å². The molecule has 7 heteroatoms. The SMILES string of the molecule is C=C(NCc1ccc(F)cc1)c1nc2n(c(=O)c1O)CCN(Cc1ccccc1)C2. The van der Waals surface area contributed by atoms with Crippen LogP contribution in [0.4, 0.5) is 4.39 Å². The Bertz CT molecular complexity index is 1110. The van der Waals surface area contributed by atoms with Crippen molar-refractivity contribution in [3.63, 3.8) is 0 Å². The third kappa shape index (κ3) is 4.26. The number of hydrogen-bond donors (Lipinski definition) is 2. The number of nitrogens with one attached hydrogen (secondary N) is 1. The Morgan fingerprint density at radius 3 is 2.57 bits per heavy atom. The van der Waals surface area contributed by atoms with Crippen molar-refractivity contribution < 1.29 is 9.50 Å². The first kappa shape index (κ1) is 19.8. The second-order valence-corrected chi connectivity index (χ2v) is 7.34. The molecule has 4 rings (SSSR count). The summed E-state index contributed by atoms with van der Waals surface area (Å²) < 4.78 is 14.6. The van der Waals surface area contributed by atoms with Gasteiger partial charge in [-0.2, -0.15) is 0 Å². The Morgan fingerprint density at radius 2 is 1.83 bits per heavy atom. The smallest absolute Gasteiger partial charge is 0.296 e. The predicted molar refractivity (Wildman–Crippen MR) is 113 cm³/mol. The van der Waals surface area contributed by atoms with Crippen LogP contribution < -0.4 is 10.9 Å². The molecule has 30 heavy (non-hydrogen) atoms. The van der Waals surface area contributed by atoms with Gasteiger partial charge in [0.25, 0.3) is 5.56 Å². The van der Waals surface area contributed by atoms with Crippen molar-refractivity contribution in [2.75, 3.05) is 6.54 Å². The lowest BCUT2D eigenvalue weighted by atomic mass is 10.2. The van der Waals surface area contributed by atoms with E-state index in [4.69, 9.17) is 0 Å². The molecule has 0 bridgehead atoms. The number of nitrogens with zero attached hydrogens (tertiary/aromatic N) is 3. The Morgan fingerprint density at radius 1 is 1.10 bits per heavy atom. The number of aromatic hydroxyl groups is 1. The van der Waals surface area contributed by atoms with Gasteiger partial charge in [-0.15, -0.1) is 0 Å². The number of benzene rings is 2. The van der Waals surface area contributed by atoms with E-state index in [2.05, 4.69) is 33.9 Å². The van der Waals surface area contributed by atoms with Crippen molar-refractivity contribution in [1.82, 2.24) is 19.8 Å². The Hall–Kier alpha value is -3.45. The highest BCUT2D eigenvalue weighted by molar-refractivity contribution is 5.63. The monoisotopic (exact) mass is 406 g/mol. The zero-order valence-electron chi connectivity index (χ0n) is 16.5. The fraction of sp³-hybridized carbons (Fsp3) is 0.217. The fourth-order valence-corrected chi connectivity index (χ4v) is 3.54. The molecule has 0 saturated heterocycles. The third-order valence-electron chi connectivity index (χ3n) is 5.18. The van der Waals surface area contributed by atoms with Gasteiger partial charge in [0.15, 0.2) is 0 Å². The molecule has 0 saturated carbocycles. The summed E-state index contributed by atoms with van der Waals surface area (Å²) in [5.41, 5.74) is 2.07. The molecular weight excluding hydrogens is 383 g/mol. The van der Waals surface area contributed by atoms with Crippen LogP contribution in [-0.2, 0) is 26.2 Å². The molecular formula is C23H23FN4O2. The van der Waals surface area contributed by atoms with E-state index in [0.717, 1.165) is 12.1 Å². The van der Waals surface area contributed by atoms with Gasteiger partial charge in [-0.1, -0.05) is 49.0 Å². The minimum atomic E-state index is -0.459. The molecule has 0 fully saturated rings. The van der Waals surface area contributed by atoms with Crippen molar-refractivity contribution in [3.05, 3.63) is 100.0 Å². The zero-order chi connectivity index (χ0) is 21.1. The summed E-state index contributed by atoms with van der Waals surface area (Å²) in [6.07, 6.45) is 0. The maximum absolute atomic E-state index is 13.1. The van der Waals surface area contributed by atoms with Gasteiger partial charge in [-0.05, 0) is 23.3 Å². The molecule has 1 aromatic heterocycles. The number of aromatic nitrogens is 2. The van der Waals surface area contributed by atoms with Gasteiger partial charge in [-0.3, -0.25) is 14.3 Å². The van der Waals surface area contributed by atoms with Crippen LogP contribution in [-0.4, -0.2) is 26.1 Å². The van der Waals surface area contributed by atoms with Gasteiger partial charge >= 0.3 is 0 Å². The number of halogens is 1. The number of hydrogen-bond acceptors (Lipinski definition) is 5. The van der Waals surface area contributed by atoms with E-state index in [-0.39, 0.29) is 11.5 Å². The first-order chi connectivity index (χ1) is 14.5. The molecule has 0 aliphatic carbocycles. The van der Waals surface area contributed by atoms with Crippen LogP contribution in [0.1, 0.15) is 22.6 Å². The summed E-state index contributed by atoms with van der Waals surface area (Å²) in [6, 6.07) is 16.2. The maximum Gasteiger partial charge on any atom is 0.296 e. The molecule has 0 atom stereocenters. The average Bonchev–Trinajstić information content (AvgIpc) is 2.76. The van der Waals surface area contributed by atoms with Gasteiger partial charge in [0.1, 0.15) is 17.3 Å². The average molecular weight is 406 g/mol. The highest BCUT2D eigenvalue weighted by atomic mass is 19.1. The van der Waals surface area contributed by atoms with Crippen LogP contribution in [0, 0.1) is 5.82 Å². The van der Waals surface area contributed by atoms with Crippen LogP contribution >= 0.6 is 0 Å². The van der Waals surface area contributed by atoms with E-state index in [9.17, 15) is 14.3 Å². The molecule has 1 aliphatic heterocycles. The van der Waals surface area contributed by atoms with Gasteiger partial charge in [-0.25, -0.2) is 9.37 Å². The summed E-state index contributed by atoms with van der Waals surface area (Å²) in [5, 5.41) is 13.5. The van der Waals surface area contributed by atoms with Gasteiger partial charge in [0, 0.05) is 26.2 Å². The lowest BCUT2D eigenvalue weighted by molar-refractivity contribution is 0.202. The van der Waals surface area contributed by atoms with E-state index in [1.165, 1.54) is 22.3 Å². The summed E-state index contributed by atoms with van der Waals surface area (Å²) in [7, 11) is 0.